The first-order valence-electron chi connectivity index (χ1n) is 7.01. The lowest BCUT2D eigenvalue weighted by Crippen LogP contribution is -2.62. The molecule has 0 unspecified atom stereocenters. The Morgan fingerprint density at radius 3 is 2.82 bits per heavy atom. The molecule has 1 spiro atoms. The van der Waals surface area contributed by atoms with Gasteiger partial charge in [-0.05, 0) is 20.8 Å². The van der Waals surface area contributed by atoms with Crippen LogP contribution in [0.1, 0.15) is 20.8 Å². The van der Waals surface area contributed by atoms with Crippen LogP contribution in [0.4, 0.5) is 9.59 Å². The molecule has 124 valence electrons. The van der Waals surface area contributed by atoms with E-state index in [9.17, 15) is 14.7 Å². The van der Waals surface area contributed by atoms with Crippen molar-refractivity contribution in [2.24, 2.45) is 0 Å². The summed E-state index contributed by atoms with van der Waals surface area (Å²) in [5.74, 6) is -1.65. The SMILES string of the molecule is CC(C)(C)OC(=O)N1C[C@]2(OC[C@H]3OCO[C@H]3[C@@H]2O)OC1=O. The molecule has 0 aromatic rings. The minimum atomic E-state index is -1.65. The summed E-state index contributed by atoms with van der Waals surface area (Å²) in [7, 11) is 0. The van der Waals surface area contributed by atoms with Gasteiger partial charge in [-0.25, -0.2) is 14.5 Å². The van der Waals surface area contributed by atoms with Gasteiger partial charge in [-0.1, -0.05) is 0 Å². The van der Waals surface area contributed by atoms with Gasteiger partial charge in [0.2, 0.25) is 0 Å². The summed E-state index contributed by atoms with van der Waals surface area (Å²) in [4.78, 5) is 24.8. The highest BCUT2D eigenvalue weighted by atomic mass is 16.8. The number of carbonyl (C=O) groups is 2. The van der Waals surface area contributed by atoms with Crippen LogP contribution >= 0.6 is 0 Å². The Balaban J connectivity index is 1.74. The second-order valence-corrected chi connectivity index (χ2v) is 6.46. The Bertz CT molecular complexity index is 489. The van der Waals surface area contributed by atoms with E-state index in [4.69, 9.17) is 23.7 Å². The lowest BCUT2D eigenvalue weighted by atomic mass is 9.97. The zero-order valence-corrected chi connectivity index (χ0v) is 12.6. The number of hydrogen-bond acceptors (Lipinski definition) is 8. The Hall–Kier alpha value is -1.42. The maximum atomic E-state index is 12.0. The van der Waals surface area contributed by atoms with E-state index < -0.39 is 41.9 Å². The Morgan fingerprint density at radius 1 is 1.41 bits per heavy atom. The number of carbonyl (C=O) groups excluding carboxylic acids is 2. The van der Waals surface area contributed by atoms with Crippen molar-refractivity contribution in [3.63, 3.8) is 0 Å². The largest absolute Gasteiger partial charge is 0.443 e. The van der Waals surface area contributed by atoms with E-state index in [0.29, 0.717) is 0 Å². The smallest absolute Gasteiger partial charge is 0.422 e. The molecule has 2 amide bonds. The minimum Gasteiger partial charge on any atom is -0.443 e. The van der Waals surface area contributed by atoms with Crippen molar-refractivity contribution < 1.29 is 38.4 Å². The number of imide groups is 1. The third kappa shape index (κ3) is 2.54. The molecular formula is C13H19NO8. The average Bonchev–Trinajstić information content (AvgIpc) is 2.98. The van der Waals surface area contributed by atoms with Crippen LogP contribution in [0.5, 0.6) is 0 Å². The fourth-order valence-electron chi connectivity index (χ4n) is 2.61. The van der Waals surface area contributed by atoms with Crippen molar-refractivity contribution >= 4 is 12.2 Å². The predicted octanol–water partition coefficient (Wildman–Crippen LogP) is 0.203. The lowest BCUT2D eigenvalue weighted by Gasteiger charge is -2.40. The molecule has 1 N–H and O–H groups in total. The molecule has 0 aromatic carbocycles. The maximum absolute atomic E-state index is 12.0. The molecule has 0 bridgehead atoms. The second kappa shape index (κ2) is 5.05. The van der Waals surface area contributed by atoms with E-state index in [1.54, 1.807) is 20.8 Å². The van der Waals surface area contributed by atoms with Gasteiger partial charge in [0.05, 0.1) is 6.61 Å². The van der Waals surface area contributed by atoms with Crippen molar-refractivity contribution in [1.29, 1.82) is 0 Å². The summed E-state index contributed by atoms with van der Waals surface area (Å²) >= 11 is 0. The van der Waals surface area contributed by atoms with Crippen molar-refractivity contribution in [3.8, 4) is 0 Å². The summed E-state index contributed by atoms with van der Waals surface area (Å²) in [5.41, 5.74) is -0.757. The van der Waals surface area contributed by atoms with E-state index >= 15 is 0 Å². The molecular weight excluding hydrogens is 298 g/mol. The highest BCUT2D eigenvalue weighted by molar-refractivity contribution is 5.89. The number of aliphatic hydroxyl groups is 1. The summed E-state index contributed by atoms with van der Waals surface area (Å²) in [5, 5.41) is 10.4. The first-order valence-corrected chi connectivity index (χ1v) is 7.01. The third-order valence-corrected chi connectivity index (χ3v) is 3.64. The van der Waals surface area contributed by atoms with Crippen molar-refractivity contribution in [1.82, 2.24) is 4.90 Å². The number of aliphatic hydroxyl groups excluding tert-OH is 1. The molecule has 0 aromatic heterocycles. The molecule has 0 radical (unpaired) electrons. The van der Waals surface area contributed by atoms with Gasteiger partial charge in [0.15, 0.2) is 6.10 Å². The quantitative estimate of drug-likeness (QED) is 0.676. The number of ether oxygens (including phenoxy) is 5. The van der Waals surface area contributed by atoms with Gasteiger partial charge in [-0.15, -0.1) is 0 Å². The van der Waals surface area contributed by atoms with Crippen molar-refractivity contribution in [2.45, 2.75) is 50.5 Å². The minimum absolute atomic E-state index is 0.0373. The van der Waals surface area contributed by atoms with E-state index in [1.165, 1.54) is 0 Å². The molecule has 3 aliphatic heterocycles. The summed E-state index contributed by atoms with van der Waals surface area (Å²) in [6, 6.07) is 0. The summed E-state index contributed by atoms with van der Waals surface area (Å²) < 4.78 is 26.3. The maximum Gasteiger partial charge on any atom is 0.422 e. The molecule has 3 rings (SSSR count). The molecule has 9 heteroatoms. The Kier molecular flexibility index (Phi) is 3.55. The van der Waals surface area contributed by atoms with Crippen LogP contribution in [0.2, 0.25) is 0 Å². The first-order chi connectivity index (χ1) is 10.2. The average molecular weight is 317 g/mol. The number of nitrogens with zero attached hydrogens (tertiary/aromatic N) is 1. The number of hydrogen-bond donors (Lipinski definition) is 1. The zero-order valence-electron chi connectivity index (χ0n) is 12.6. The van der Waals surface area contributed by atoms with E-state index in [-0.39, 0.29) is 19.9 Å². The molecule has 9 nitrogen and oxygen atoms in total. The monoisotopic (exact) mass is 317 g/mol. The predicted molar refractivity (Wildman–Crippen MR) is 68.7 cm³/mol. The van der Waals surface area contributed by atoms with Gasteiger partial charge in [-0.2, -0.15) is 0 Å². The normalized spacial score (nSPS) is 38.1. The molecule has 3 heterocycles. The lowest BCUT2D eigenvalue weighted by molar-refractivity contribution is -0.286. The zero-order chi connectivity index (χ0) is 16.1. The van der Waals surface area contributed by atoms with E-state index in [1.807, 2.05) is 0 Å². The van der Waals surface area contributed by atoms with E-state index in [0.717, 1.165) is 4.90 Å². The third-order valence-electron chi connectivity index (χ3n) is 3.64. The number of amides is 2. The van der Waals surface area contributed by atoms with Crippen LogP contribution in [0.15, 0.2) is 0 Å². The molecule has 3 fully saturated rings. The molecule has 22 heavy (non-hydrogen) atoms. The van der Waals surface area contributed by atoms with Crippen LogP contribution in [0, 0.1) is 0 Å². The van der Waals surface area contributed by atoms with E-state index in [2.05, 4.69) is 0 Å². The highest BCUT2D eigenvalue weighted by Gasteiger charge is 2.62. The molecule has 0 saturated carbocycles. The fourth-order valence-corrected chi connectivity index (χ4v) is 2.61. The summed E-state index contributed by atoms with van der Waals surface area (Å²) in [6.45, 7) is 4.91. The fraction of sp³-hybridized carbons (Fsp3) is 0.846. The van der Waals surface area contributed by atoms with Crippen LogP contribution in [0.3, 0.4) is 0 Å². The molecule has 3 aliphatic rings. The number of rotatable bonds is 0. The van der Waals surface area contributed by atoms with Gasteiger partial charge in [-0.3, -0.25) is 0 Å². The van der Waals surface area contributed by atoms with Gasteiger partial charge in [0, 0.05) is 0 Å². The van der Waals surface area contributed by atoms with Crippen LogP contribution in [0.25, 0.3) is 0 Å². The van der Waals surface area contributed by atoms with Gasteiger partial charge in [0.1, 0.15) is 31.1 Å². The van der Waals surface area contributed by atoms with Gasteiger partial charge >= 0.3 is 12.2 Å². The summed E-state index contributed by atoms with van der Waals surface area (Å²) in [6.07, 6.45) is -4.12. The molecule has 3 saturated heterocycles. The second-order valence-electron chi connectivity index (χ2n) is 6.46. The standard InChI is InChI=1S/C13H19NO8/c1-12(2,3)21-10(16)14-5-13(22-11(14)17)9(15)8-7(4-20-13)18-6-19-8/h7-9,15H,4-6H2,1-3H3/t7-,8-,9+,13+/m1/s1. The first kappa shape index (κ1) is 15.5. The van der Waals surface area contributed by atoms with Crippen LogP contribution in [-0.2, 0) is 23.7 Å². The van der Waals surface area contributed by atoms with Crippen LogP contribution < -0.4 is 0 Å². The highest BCUT2D eigenvalue weighted by Crippen LogP contribution is 2.37. The van der Waals surface area contributed by atoms with Crippen LogP contribution in [-0.4, -0.2) is 71.8 Å². The van der Waals surface area contributed by atoms with Crippen molar-refractivity contribution in [2.75, 3.05) is 19.9 Å². The Morgan fingerprint density at radius 2 is 2.14 bits per heavy atom. The molecule has 4 atom stereocenters. The molecule has 0 aliphatic carbocycles. The number of fused-ring (bicyclic) bond motifs is 1. The topological polar surface area (TPSA) is 104 Å². The van der Waals surface area contributed by atoms with Gasteiger partial charge in [0.25, 0.3) is 5.79 Å². The Labute approximate surface area is 127 Å². The van der Waals surface area contributed by atoms with Crippen molar-refractivity contribution in [3.05, 3.63) is 0 Å². The van der Waals surface area contributed by atoms with Gasteiger partial charge < -0.3 is 28.8 Å².